The quantitative estimate of drug-likeness (QED) is 0.441. The summed E-state index contributed by atoms with van der Waals surface area (Å²) in [6.45, 7) is 1.63. The highest BCUT2D eigenvalue weighted by molar-refractivity contribution is 5.70. The number of ether oxygens (including phenoxy) is 1. The van der Waals surface area contributed by atoms with Crippen LogP contribution >= 0.6 is 0 Å². The van der Waals surface area contributed by atoms with Crippen molar-refractivity contribution in [3.63, 3.8) is 0 Å². The lowest BCUT2D eigenvalue weighted by molar-refractivity contribution is -0.143. The average Bonchev–Trinajstić information content (AvgIpc) is 2.04. The fraction of sp³-hybridized carbons (Fsp3) is 0.833. The molecule has 0 aliphatic carbocycles. The smallest absolute Gasteiger partial charge is 0.308 e. The van der Waals surface area contributed by atoms with Gasteiger partial charge >= 0.3 is 5.97 Å². The van der Waals surface area contributed by atoms with Gasteiger partial charge in [0.25, 0.3) is 0 Å². The van der Waals surface area contributed by atoms with E-state index in [2.05, 4.69) is 15.1 Å². The largest absolute Gasteiger partial charge is 0.466 e. The predicted molar refractivity (Wildman–Crippen MR) is 41.5 cm³/mol. The van der Waals surface area contributed by atoms with Gasteiger partial charge in [0.15, 0.2) is 0 Å². The van der Waals surface area contributed by atoms with Crippen molar-refractivity contribution in [2.75, 3.05) is 13.2 Å². The van der Waals surface area contributed by atoms with Gasteiger partial charge in [0.1, 0.15) is 12.6 Å². The molecule has 0 N–H and O–H groups in total. The Kier molecular flexibility index (Phi) is 5.68. The lowest BCUT2D eigenvalue weighted by Gasteiger charge is -2.03. The molecule has 0 aromatic rings. The number of hydrogen-bond acceptors (Lipinski definition) is 6. The molecule has 0 amide bonds. The maximum atomic E-state index is 10.7. The standard InChI is InChI=1S/C6H10N2O4/c1-2-12-6(9)3-5(8-11)4-7-10/h5H,2-4H2,1H3. The summed E-state index contributed by atoms with van der Waals surface area (Å²) in [7, 11) is 0. The first kappa shape index (κ1) is 10.7. The summed E-state index contributed by atoms with van der Waals surface area (Å²) in [4.78, 5) is 30.4. The van der Waals surface area contributed by atoms with Crippen LogP contribution in [0.2, 0.25) is 0 Å². The van der Waals surface area contributed by atoms with Gasteiger partial charge in [-0.05, 0) is 6.92 Å². The molecule has 6 nitrogen and oxygen atoms in total. The molecule has 1 atom stereocenters. The molecule has 0 spiro atoms. The molecule has 12 heavy (non-hydrogen) atoms. The summed E-state index contributed by atoms with van der Waals surface area (Å²) in [6, 6.07) is -0.887. The van der Waals surface area contributed by atoms with Crippen LogP contribution in [0.25, 0.3) is 0 Å². The number of rotatable bonds is 6. The van der Waals surface area contributed by atoms with Crippen LogP contribution < -0.4 is 0 Å². The van der Waals surface area contributed by atoms with Crippen LogP contribution in [0.4, 0.5) is 0 Å². The zero-order valence-electron chi connectivity index (χ0n) is 6.73. The maximum Gasteiger partial charge on any atom is 0.308 e. The van der Waals surface area contributed by atoms with Gasteiger partial charge in [-0.2, -0.15) is 9.81 Å². The van der Waals surface area contributed by atoms with Gasteiger partial charge in [0.05, 0.1) is 13.0 Å². The minimum absolute atomic E-state index is 0.178. The second-order valence-electron chi connectivity index (χ2n) is 2.08. The van der Waals surface area contributed by atoms with E-state index in [0.717, 1.165) is 0 Å². The van der Waals surface area contributed by atoms with Gasteiger partial charge in [-0.15, -0.1) is 0 Å². The summed E-state index contributed by atoms with van der Waals surface area (Å²) < 4.78 is 4.54. The van der Waals surface area contributed by atoms with Crippen molar-refractivity contribution < 1.29 is 9.53 Å². The van der Waals surface area contributed by atoms with E-state index < -0.39 is 12.0 Å². The van der Waals surface area contributed by atoms with Crippen molar-refractivity contribution in [2.45, 2.75) is 19.4 Å². The van der Waals surface area contributed by atoms with Crippen LogP contribution in [0.1, 0.15) is 13.3 Å². The van der Waals surface area contributed by atoms with E-state index in [1.165, 1.54) is 0 Å². The average molecular weight is 174 g/mol. The fourth-order valence-corrected chi connectivity index (χ4v) is 0.633. The Morgan fingerprint density at radius 1 is 1.50 bits per heavy atom. The Morgan fingerprint density at radius 2 is 2.17 bits per heavy atom. The molecule has 0 saturated carbocycles. The van der Waals surface area contributed by atoms with Crippen LogP contribution in [0.3, 0.4) is 0 Å². The van der Waals surface area contributed by atoms with Crippen LogP contribution in [0.5, 0.6) is 0 Å². The van der Waals surface area contributed by atoms with Gasteiger partial charge in [-0.1, -0.05) is 10.4 Å². The van der Waals surface area contributed by atoms with Crippen molar-refractivity contribution in [3.05, 3.63) is 9.81 Å². The van der Waals surface area contributed by atoms with E-state index in [1.807, 2.05) is 0 Å². The number of carbonyl (C=O) groups excluding carboxylic acids is 1. The van der Waals surface area contributed by atoms with E-state index in [4.69, 9.17) is 0 Å². The van der Waals surface area contributed by atoms with Gasteiger partial charge in [-0.25, -0.2) is 0 Å². The Bertz CT molecular complexity index is 171. The molecule has 0 bridgehead atoms. The molecule has 6 heteroatoms. The Labute approximate surface area is 69.2 Å². The maximum absolute atomic E-state index is 10.7. The first-order chi connectivity index (χ1) is 5.74. The number of nitrogens with zero attached hydrogens (tertiary/aromatic N) is 2. The number of hydrogen-bond donors (Lipinski definition) is 0. The summed E-state index contributed by atoms with van der Waals surface area (Å²) in [5.41, 5.74) is 0. The fourth-order valence-electron chi connectivity index (χ4n) is 0.633. The van der Waals surface area contributed by atoms with Crippen LogP contribution in [-0.4, -0.2) is 25.2 Å². The molecule has 0 radical (unpaired) electrons. The molecular formula is C6H10N2O4. The molecule has 0 aromatic heterocycles. The van der Waals surface area contributed by atoms with Crippen molar-refractivity contribution in [1.29, 1.82) is 0 Å². The summed E-state index contributed by atoms with van der Waals surface area (Å²) >= 11 is 0. The third kappa shape index (κ3) is 4.48. The molecule has 1 unspecified atom stereocenters. The van der Waals surface area contributed by atoms with E-state index >= 15 is 0 Å². The SMILES string of the molecule is CCOC(=O)CC(CN=O)N=O. The van der Waals surface area contributed by atoms with Crippen LogP contribution in [-0.2, 0) is 9.53 Å². The monoisotopic (exact) mass is 174 g/mol. The molecule has 0 aromatic carbocycles. The minimum atomic E-state index is -0.887. The topological polar surface area (TPSA) is 85.2 Å². The molecule has 0 aliphatic heterocycles. The van der Waals surface area contributed by atoms with E-state index in [9.17, 15) is 14.6 Å². The van der Waals surface area contributed by atoms with Crippen molar-refractivity contribution in [3.8, 4) is 0 Å². The lowest BCUT2D eigenvalue weighted by Crippen LogP contribution is -2.16. The third-order valence-corrected chi connectivity index (χ3v) is 1.14. The third-order valence-electron chi connectivity index (χ3n) is 1.14. The molecular weight excluding hydrogens is 164 g/mol. The van der Waals surface area contributed by atoms with Gasteiger partial charge in [0.2, 0.25) is 0 Å². The van der Waals surface area contributed by atoms with Crippen molar-refractivity contribution in [1.82, 2.24) is 0 Å². The van der Waals surface area contributed by atoms with Crippen molar-refractivity contribution in [2.24, 2.45) is 10.4 Å². The molecule has 68 valence electrons. The number of esters is 1. The zero-order chi connectivity index (χ0) is 9.40. The van der Waals surface area contributed by atoms with E-state index in [1.54, 1.807) is 6.92 Å². The van der Waals surface area contributed by atoms with Crippen LogP contribution in [0, 0.1) is 9.81 Å². The second-order valence-corrected chi connectivity index (χ2v) is 2.08. The van der Waals surface area contributed by atoms with E-state index in [-0.39, 0.29) is 19.6 Å². The summed E-state index contributed by atoms with van der Waals surface area (Å²) in [5, 5.41) is 5.02. The molecule has 0 heterocycles. The first-order valence-electron chi connectivity index (χ1n) is 3.51. The molecule has 0 saturated heterocycles. The summed E-state index contributed by atoms with van der Waals surface area (Å²) in [5.74, 6) is -0.536. The van der Waals surface area contributed by atoms with Crippen molar-refractivity contribution >= 4 is 5.97 Å². The Hall–Kier alpha value is -1.33. The highest BCUT2D eigenvalue weighted by Crippen LogP contribution is 2.00. The first-order valence-corrected chi connectivity index (χ1v) is 3.51. The number of carbonyl (C=O) groups is 1. The lowest BCUT2D eigenvalue weighted by atomic mass is 10.2. The van der Waals surface area contributed by atoms with Gasteiger partial charge < -0.3 is 4.74 Å². The van der Waals surface area contributed by atoms with Gasteiger partial charge in [0, 0.05) is 0 Å². The highest BCUT2D eigenvalue weighted by atomic mass is 16.5. The van der Waals surface area contributed by atoms with Crippen LogP contribution in [0.15, 0.2) is 10.4 Å². The summed E-state index contributed by atoms with van der Waals surface area (Å²) in [6.07, 6.45) is -0.178. The minimum Gasteiger partial charge on any atom is -0.466 e. The Morgan fingerprint density at radius 3 is 2.58 bits per heavy atom. The molecule has 0 aliphatic rings. The normalized spacial score (nSPS) is 11.8. The molecule has 0 rings (SSSR count). The zero-order valence-corrected chi connectivity index (χ0v) is 6.73. The second kappa shape index (κ2) is 6.38. The number of nitroso groups, excluding NO2 is 2. The van der Waals surface area contributed by atoms with Gasteiger partial charge in [-0.3, -0.25) is 4.79 Å². The predicted octanol–water partition coefficient (Wildman–Crippen LogP) is 0.841. The highest BCUT2D eigenvalue weighted by Gasteiger charge is 2.14. The Balaban J connectivity index is 3.76. The van der Waals surface area contributed by atoms with E-state index in [0.29, 0.717) is 0 Å². The molecule has 0 fully saturated rings.